The van der Waals surface area contributed by atoms with Crippen molar-refractivity contribution in [1.82, 2.24) is 14.8 Å². The lowest BCUT2D eigenvalue weighted by Crippen LogP contribution is -2.36. The Morgan fingerprint density at radius 2 is 1.93 bits per heavy atom. The van der Waals surface area contributed by atoms with Crippen molar-refractivity contribution in [3.8, 4) is 5.75 Å². The zero-order valence-electron chi connectivity index (χ0n) is 17.2. The van der Waals surface area contributed by atoms with Gasteiger partial charge in [0.2, 0.25) is 5.91 Å². The minimum absolute atomic E-state index is 0.210. The van der Waals surface area contributed by atoms with Gasteiger partial charge >= 0.3 is 0 Å². The number of benzene rings is 1. The minimum atomic E-state index is -0.210. The number of methoxy groups -OCH3 is 1. The van der Waals surface area contributed by atoms with Crippen LogP contribution in [-0.4, -0.2) is 47.4 Å². The van der Waals surface area contributed by atoms with Crippen molar-refractivity contribution < 1.29 is 9.53 Å². The molecule has 5 heteroatoms. The van der Waals surface area contributed by atoms with Gasteiger partial charge in [0.05, 0.1) is 24.8 Å². The Morgan fingerprint density at radius 1 is 1.10 bits per heavy atom. The first-order chi connectivity index (χ1) is 14.2. The fraction of sp³-hybridized carbons (Fsp3) is 0.500. The third-order valence-corrected chi connectivity index (χ3v) is 7.00. The van der Waals surface area contributed by atoms with Gasteiger partial charge in [-0.15, -0.1) is 0 Å². The highest BCUT2D eigenvalue weighted by Gasteiger charge is 2.50. The van der Waals surface area contributed by atoms with Gasteiger partial charge in [0, 0.05) is 31.4 Å². The molecule has 0 saturated carbocycles. The fourth-order valence-corrected chi connectivity index (χ4v) is 5.41. The summed E-state index contributed by atoms with van der Waals surface area (Å²) in [5.74, 6) is 1.31. The number of rotatable bonds is 5. The van der Waals surface area contributed by atoms with Gasteiger partial charge in [-0.3, -0.25) is 14.7 Å². The predicted octanol–water partition coefficient (Wildman–Crippen LogP) is 3.20. The molecule has 2 aromatic rings. The molecule has 0 N–H and O–H groups in total. The van der Waals surface area contributed by atoms with Crippen molar-refractivity contribution >= 4 is 5.91 Å². The van der Waals surface area contributed by atoms with Gasteiger partial charge in [0.15, 0.2) is 0 Å². The van der Waals surface area contributed by atoms with E-state index in [4.69, 9.17) is 4.74 Å². The maximum Gasteiger partial charge on any atom is 0.230 e. The Balaban J connectivity index is 1.28. The standard InChI is InChI=1S/C24H29N3O2/c1-29-22-14-19-6-4-5-18(19)13-20(22)15-26-11-8-24(17-26)9-12-27(23(24)28)16-21-7-2-3-10-25-21/h2-3,7,10,13-14H,4-6,8-9,11-12,15-17H2,1H3. The molecule has 1 aromatic heterocycles. The zero-order valence-corrected chi connectivity index (χ0v) is 17.2. The SMILES string of the molecule is COc1cc2c(cc1CN1CCC3(CCN(Cc4ccccn4)C3=O)C1)CCC2. The third kappa shape index (κ3) is 3.42. The van der Waals surface area contributed by atoms with Crippen LogP contribution in [0.1, 0.15) is 41.6 Å². The van der Waals surface area contributed by atoms with E-state index in [9.17, 15) is 4.79 Å². The lowest BCUT2D eigenvalue weighted by atomic mass is 9.85. The van der Waals surface area contributed by atoms with Crippen LogP contribution in [0.25, 0.3) is 0 Å². The lowest BCUT2D eigenvalue weighted by Gasteiger charge is -2.24. The number of ether oxygens (including phenoxy) is 1. The molecule has 1 amide bonds. The smallest absolute Gasteiger partial charge is 0.230 e. The van der Waals surface area contributed by atoms with Crippen LogP contribution < -0.4 is 4.74 Å². The van der Waals surface area contributed by atoms with Crippen molar-refractivity contribution in [2.24, 2.45) is 5.41 Å². The highest BCUT2D eigenvalue weighted by atomic mass is 16.5. The number of amides is 1. The number of fused-ring (bicyclic) bond motifs is 1. The average molecular weight is 392 g/mol. The largest absolute Gasteiger partial charge is 0.496 e. The van der Waals surface area contributed by atoms with Crippen LogP contribution in [0.15, 0.2) is 36.5 Å². The molecule has 1 aliphatic carbocycles. The van der Waals surface area contributed by atoms with Crippen molar-refractivity contribution in [2.45, 2.75) is 45.2 Å². The third-order valence-electron chi connectivity index (χ3n) is 7.00. The Labute approximate surface area is 172 Å². The molecule has 1 unspecified atom stereocenters. The second kappa shape index (κ2) is 7.45. The highest BCUT2D eigenvalue weighted by molar-refractivity contribution is 5.85. The van der Waals surface area contributed by atoms with Crippen LogP contribution in [-0.2, 0) is 30.7 Å². The topological polar surface area (TPSA) is 45.7 Å². The summed E-state index contributed by atoms with van der Waals surface area (Å²) < 4.78 is 5.69. The first-order valence-corrected chi connectivity index (χ1v) is 10.8. The molecule has 5 nitrogen and oxygen atoms in total. The van der Waals surface area contributed by atoms with Gasteiger partial charge in [-0.2, -0.15) is 0 Å². The Bertz CT molecular complexity index is 914. The number of aryl methyl sites for hydroxylation is 2. The Kier molecular flexibility index (Phi) is 4.78. The number of pyridine rings is 1. The number of carbonyl (C=O) groups excluding carboxylic acids is 1. The van der Waals surface area contributed by atoms with Crippen molar-refractivity contribution in [1.29, 1.82) is 0 Å². The van der Waals surface area contributed by atoms with E-state index in [2.05, 4.69) is 22.0 Å². The summed E-state index contributed by atoms with van der Waals surface area (Å²) in [6.45, 7) is 4.16. The maximum absolute atomic E-state index is 13.3. The summed E-state index contributed by atoms with van der Waals surface area (Å²) in [5, 5.41) is 0. The molecule has 5 rings (SSSR count). The first-order valence-electron chi connectivity index (χ1n) is 10.8. The van der Waals surface area contributed by atoms with Crippen molar-refractivity contribution in [2.75, 3.05) is 26.7 Å². The van der Waals surface area contributed by atoms with Gasteiger partial charge in [0.1, 0.15) is 5.75 Å². The fourth-order valence-electron chi connectivity index (χ4n) is 5.41. The lowest BCUT2D eigenvalue weighted by molar-refractivity contribution is -0.136. The van der Waals surface area contributed by atoms with E-state index in [0.717, 1.165) is 50.5 Å². The number of aromatic nitrogens is 1. The molecule has 29 heavy (non-hydrogen) atoms. The molecule has 1 atom stereocenters. The molecule has 0 bridgehead atoms. The molecule has 0 radical (unpaired) electrons. The quantitative estimate of drug-likeness (QED) is 0.785. The summed E-state index contributed by atoms with van der Waals surface area (Å²) >= 11 is 0. The van der Waals surface area contributed by atoms with Gasteiger partial charge in [-0.1, -0.05) is 12.1 Å². The Hall–Kier alpha value is -2.40. The molecular formula is C24H29N3O2. The summed E-state index contributed by atoms with van der Waals surface area (Å²) in [6.07, 6.45) is 7.30. The van der Waals surface area contributed by atoms with Crippen LogP contribution in [0, 0.1) is 5.41 Å². The van der Waals surface area contributed by atoms with E-state index in [1.807, 2.05) is 23.1 Å². The Morgan fingerprint density at radius 3 is 2.72 bits per heavy atom. The van der Waals surface area contributed by atoms with E-state index in [-0.39, 0.29) is 5.41 Å². The molecule has 152 valence electrons. The molecule has 2 fully saturated rings. The van der Waals surface area contributed by atoms with Crippen LogP contribution in [0.5, 0.6) is 5.75 Å². The summed E-state index contributed by atoms with van der Waals surface area (Å²) in [4.78, 5) is 22.1. The second-order valence-corrected chi connectivity index (χ2v) is 8.83. The summed E-state index contributed by atoms with van der Waals surface area (Å²) in [7, 11) is 1.77. The minimum Gasteiger partial charge on any atom is -0.496 e. The van der Waals surface area contributed by atoms with E-state index in [1.54, 1.807) is 13.3 Å². The molecular weight excluding hydrogens is 362 g/mol. The van der Waals surface area contributed by atoms with Gasteiger partial charge < -0.3 is 9.64 Å². The van der Waals surface area contributed by atoms with Gasteiger partial charge in [-0.05, 0) is 68.0 Å². The zero-order chi connectivity index (χ0) is 19.8. The molecule has 3 aliphatic rings. The number of nitrogens with zero attached hydrogens (tertiary/aromatic N) is 3. The molecule has 1 spiro atoms. The van der Waals surface area contributed by atoms with E-state index >= 15 is 0 Å². The summed E-state index contributed by atoms with van der Waals surface area (Å²) in [5.41, 5.74) is 4.95. The van der Waals surface area contributed by atoms with Crippen molar-refractivity contribution in [3.63, 3.8) is 0 Å². The van der Waals surface area contributed by atoms with E-state index in [0.29, 0.717) is 12.5 Å². The molecule has 2 saturated heterocycles. The van der Waals surface area contributed by atoms with Gasteiger partial charge in [0.25, 0.3) is 0 Å². The normalized spacial score (nSPS) is 23.9. The number of hydrogen-bond donors (Lipinski definition) is 0. The summed E-state index contributed by atoms with van der Waals surface area (Å²) in [6, 6.07) is 10.5. The molecule has 2 aliphatic heterocycles. The second-order valence-electron chi connectivity index (χ2n) is 8.83. The number of carbonyl (C=O) groups is 1. The predicted molar refractivity (Wildman–Crippen MR) is 112 cm³/mol. The van der Waals surface area contributed by atoms with Gasteiger partial charge in [-0.25, -0.2) is 0 Å². The van der Waals surface area contributed by atoms with Crippen LogP contribution in [0.2, 0.25) is 0 Å². The van der Waals surface area contributed by atoms with Crippen LogP contribution in [0.4, 0.5) is 0 Å². The highest BCUT2D eigenvalue weighted by Crippen LogP contribution is 2.42. The van der Waals surface area contributed by atoms with E-state index < -0.39 is 0 Å². The first kappa shape index (κ1) is 18.6. The number of hydrogen-bond acceptors (Lipinski definition) is 4. The van der Waals surface area contributed by atoms with Crippen LogP contribution in [0.3, 0.4) is 0 Å². The monoisotopic (exact) mass is 391 g/mol. The average Bonchev–Trinajstić information content (AvgIpc) is 3.44. The van der Waals surface area contributed by atoms with Crippen molar-refractivity contribution in [3.05, 3.63) is 58.9 Å². The molecule has 1 aromatic carbocycles. The molecule has 3 heterocycles. The number of likely N-dealkylation sites (tertiary alicyclic amines) is 2. The van der Waals surface area contributed by atoms with E-state index in [1.165, 1.54) is 36.0 Å². The van der Waals surface area contributed by atoms with Crippen LogP contribution >= 0.6 is 0 Å². The maximum atomic E-state index is 13.3.